The van der Waals surface area contributed by atoms with Crippen molar-refractivity contribution in [2.75, 3.05) is 33.3 Å². The van der Waals surface area contributed by atoms with Crippen LogP contribution >= 0.6 is 0 Å². The van der Waals surface area contributed by atoms with Crippen molar-refractivity contribution >= 4 is 11.9 Å². The Kier molecular flexibility index (Phi) is 12.3. The number of carbonyl (C=O) groups excluding carboxylic acids is 1. The smallest absolute Gasteiger partial charge is 0.490 e. The SMILES string of the molecule is COc1ccc(C#Cc2ccc(C(=O)N3CCCC(CNCCC4=CCCCC4)C3)cc2)cc1.O=C(O)C(F)(F)F. The lowest BCUT2D eigenvalue weighted by Crippen LogP contribution is -2.43. The minimum Gasteiger partial charge on any atom is -0.497 e. The van der Waals surface area contributed by atoms with Crippen LogP contribution in [0.2, 0.25) is 0 Å². The highest BCUT2D eigenvalue weighted by Crippen LogP contribution is 2.21. The van der Waals surface area contributed by atoms with Gasteiger partial charge < -0.3 is 20.1 Å². The van der Waals surface area contributed by atoms with E-state index in [-0.39, 0.29) is 5.91 Å². The van der Waals surface area contributed by atoms with Crippen molar-refractivity contribution in [2.24, 2.45) is 5.92 Å². The zero-order valence-corrected chi connectivity index (χ0v) is 23.3. The molecule has 1 aliphatic heterocycles. The van der Waals surface area contributed by atoms with Gasteiger partial charge in [0.2, 0.25) is 0 Å². The number of halogens is 3. The Morgan fingerprint density at radius 2 is 1.66 bits per heavy atom. The first-order valence-corrected chi connectivity index (χ1v) is 13.9. The molecule has 220 valence electrons. The van der Waals surface area contributed by atoms with Gasteiger partial charge in [-0.1, -0.05) is 23.5 Å². The molecule has 1 fully saturated rings. The van der Waals surface area contributed by atoms with Gasteiger partial charge in [0, 0.05) is 29.8 Å². The lowest BCUT2D eigenvalue weighted by molar-refractivity contribution is -0.192. The largest absolute Gasteiger partial charge is 0.497 e. The molecular formula is C32H37F3N2O4. The second-order valence-corrected chi connectivity index (χ2v) is 10.2. The van der Waals surface area contributed by atoms with Gasteiger partial charge in [-0.3, -0.25) is 4.79 Å². The number of nitrogens with one attached hydrogen (secondary N) is 1. The highest BCUT2D eigenvalue weighted by Gasteiger charge is 2.38. The molecule has 4 rings (SSSR count). The van der Waals surface area contributed by atoms with E-state index in [9.17, 15) is 18.0 Å². The van der Waals surface area contributed by atoms with Crippen LogP contribution in [0.1, 0.15) is 66.4 Å². The molecule has 0 saturated carbocycles. The Bertz CT molecular complexity index is 1230. The number of carbonyl (C=O) groups is 2. The van der Waals surface area contributed by atoms with E-state index < -0.39 is 12.1 Å². The summed E-state index contributed by atoms with van der Waals surface area (Å²) in [6.07, 6.45) is 6.02. The summed E-state index contributed by atoms with van der Waals surface area (Å²) in [5.41, 5.74) is 4.20. The monoisotopic (exact) mass is 570 g/mol. The molecule has 41 heavy (non-hydrogen) atoms. The molecule has 2 N–H and O–H groups in total. The lowest BCUT2D eigenvalue weighted by Gasteiger charge is -2.33. The number of nitrogens with zero attached hydrogens (tertiary/aromatic N) is 1. The van der Waals surface area contributed by atoms with E-state index in [1.165, 1.54) is 38.5 Å². The van der Waals surface area contributed by atoms with Gasteiger partial charge in [-0.05, 0) is 112 Å². The van der Waals surface area contributed by atoms with Crippen LogP contribution in [0.25, 0.3) is 0 Å². The van der Waals surface area contributed by atoms with Crippen LogP contribution in [0.4, 0.5) is 13.2 Å². The molecule has 0 bridgehead atoms. The van der Waals surface area contributed by atoms with Crippen LogP contribution in [-0.2, 0) is 4.79 Å². The topological polar surface area (TPSA) is 78.9 Å². The fourth-order valence-electron chi connectivity index (χ4n) is 4.80. The number of allylic oxidation sites excluding steroid dienone is 1. The van der Waals surface area contributed by atoms with Gasteiger partial charge in [0.1, 0.15) is 5.75 Å². The molecule has 1 unspecified atom stereocenters. The van der Waals surface area contributed by atoms with Crippen molar-refractivity contribution in [3.63, 3.8) is 0 Å². The highest BCUT2D eigenvalue weighted by molar-refractivity contribution is 5.94. The van der Waals surface area contributed by atoms with Crippen molar-refractivity contribution in [3.8, 4) is 17.6 Å². The number of benzene rings is 2. The third kappa shape index (κ3) is 11.0. The Morgan fingerprint density at radius 3 is 2.22 bits per heavy atom. The minimum absolute atomic E-state index is 0.131. The summed E-state index contributed by atoms with van der Waals surface area (Å²) < 4.78 is 36.9. The number of piperidine rings is 1. The molecule has 6 nitrogen and oxygen atoms in total. The number of ether oxygens (including phenoxy) is 1. The van der Waals surface area contributed by atoms with Gasteiger partial charge >= 0.3 is 12.1 Å². The minimum atomic E-state index is -5.08. The predicted molar refractivity (Wildman–Crippen MR) is 152 cm³/mol. The van der Waals surface area contributed by atoms with Crippen LogP contribution in [-0.4, -0.2) is 61.3 Å². The number of carboxylic acids is 1. The second-order valence-electron chi connectivity index (χ2n) is 10.2. The first kappa shape index (κ1) is 31.8. The molecule has 1 atom stereocenters. The number of methoxy groups -OCH3 is 1. The van der Waals surface area contributed by atoms with E-state index in [0.29, 0.717) is 5.92 Å². The van der Waals surface area contributed by atoms with E-state index in [2.05, 4.69) is 23.2 Å². The Balaban J connectivity index is 0.000000587. The summed E-state index contributed by atoms with van der Waals surface area (Å²) in [4.78, 5) is 24.0. The molecule has 1 heterocycles. The molecule has 2 aromatic carbocycles. The summed E-state index contributed by atoms with van der Waals surface area (Å²) in [5, 5.41) is 10.8. The van der Waals surface area contributed by atoms with Crippen molar-refractivity contribution < 1.29 is 32.6 Å². The number of hydrogen-bond acceptors (Lipinski definition) is 4. The summed E-state index contributed by atoms with van der Waals surface area (Å²) in [6.45, 7) is 3.74. The number of hydrogen-bond donors (Lipinski definition) is 2. The zero-order chi connectivity index (χ0) is 29.7. The standard InChI is InChI=1S/C30H36N2O2.C2HF3O2/c1-34-29-17-13-26(14-18-29)10-9-25-11-15-28(16-12-25)30(33)32-21-5-8-27(23-32)22-31-20-19-24-6-3-2-4-7-24;3-2(4,5)1(6)7/h6,11-18,27,31H,2-5,7-8,19-23H2,1H3;(H,6,7). The molecule has 1 aliphatic carbocycles. The van der Waals surface area contributed by atoms with Crippen LogP contribution in [0.5, 0.6) is 5.75 Å². The van der Waals surface area contributed by atoms with Crippen molar-refractivity contribution in [1.82, 2.24) is 10.2 Å². The molecule has 1 amide bonds. The Hall–Kier alpha value is -3.77. The van der Waals surface area contributed by atoms with Gasteiger partial charge in [0.25, 0.3) is 5.91 Å². The van der Waals surface area contributed by atoms with E-state index in [4.69, 9.17) is 14.6 Å². The summed E-state index contributed by atoms with van der Waals surface area (Å²) in [6, 6.07) is 15.4. The molecule has 2 aliphatic rings. The molecule has 9 heteroatoms. The Morgan fingerprint density at radius 1 is 1.02 bits per heavy atom. The van der Waals surface area contributed by atoms with Crippen LogP contribution in [0.3, 0.4) is 0 Å². The van der Waals surface area contributed by atoms with Gasteiger partial charge in [-0.25, -0.2) is 4.79 Å². The maximum absolute atomic E-state index is 13.1. The van der Waals surface area contributed by atoms with Gasteiger partial charge in [0.05, 0.1) is 7.11 Å². The summed E-state index contributed by atoms with van der Waals surface area (Å²) in [7, 11) is 1.65. The van der Waals surface area contributed by atoms with Gasteiger partial charge in [-0.2, -0.15) is 13.2 Å². The van der Waals surface area contributed by atoms with Crippen LogP contribution < -0.4 is 10.1 Å². The van der Waals surface area contributed by atoms with Gasteiger partial charge in [0.15, 0.2) is 0 Å². The number of aliphatic carboxylic acids is 1. The fraction of sp³-hybridized carbons (Fsp3) is 0.438. The first-order valence-electron chi connectivity index (χ1n) is 13.9. The fourth-order valence-corrected chi connectivity index (χ4v) is 4.80. The molecule has 2 aromatic rings. The maximum atomic E-state index is 13.1. The van der Waals surface area contributed by atoms with E-state index in [0.717, 1.165) is 55.0 Å². The van der Waals surface area contributed by atoms with Gasteiger partial charge in [-0.15, -0.1) is 0 Å². The predicted octanol–water partition coefficient (Wildman–Crippen LogP) is 6.06. The van der Waals surface area contributed by atoms with E-state index >= 15 is 0 Å². The summed E-state index contributed by atoms with van der Waals surface area (Å²) >= 11 is 0. The molecule has 1 saturated heterocycles. The number of rotatable bonds is 7. The average molecular weight is 571 g/mol. The Labute approximate surface area is 239 Å². The average Bonchev–Trinajstić information content (AvgIpc) is 2.99. The first-order chi connectivity index (χ1) is 19.7. The molecule has 0 radical (unpaired) electrons. The second kappa shape index (κ2) is 15.9. The zero-order valence-electron chi connectivity index (χ0n) is 23.3. The number of carboxylic acid groups (broad SMARTS) is 1. The van der Waals surface area contributed by atoms with Crippen molar-refractivity contribution in [3.05, 3.63) is 76.9 Å². The maximum Gasteiger partial charge on any atom is 0.490 e. The normalized spacial score (nSPS) is 16.8. The quantitative estimate of drug-likeness (QED) is 0.240. The number of likely N-dealkylation sites (tertiary alicyclic amines) is 1. The van der Waals surface area contributed by atoms with Crippen molar-refractivity contribution in [2.45, 2.75) is 51.1 Å². The summed E-state index contributed by atoms with van der Waals surface area (Å²) in [5.74, 6) is 5.07. The number of amides is 1. The van der Waals surface area contributed by atoms with Crippen LogP contribution in [0, 0.1) is 17.8 Å². The van der Waals surface area contributed by atoms with Crippen molar-refractivity contribution in [1.29, 1.82) is 0 Å². The van der Waals surface area contributed by atoms with Crippen LogP contribution in [0.15, 0.2) is 60.2 Å². The molecule has 0 spiro atoms. The van der Waals surface area contributed by atoms with E-state index in [1.807, 2.05) is 53.4 Å². The third-order valence-electron chi connectivity index (χ3n) is 7.06. The third-order valence-corrected chi connectivity index (χ3v) is 7.06. The molecular weight excluding hydrogens is 533 g/mol. The highest BCUT2D eigenvalue weighted by atomic mass is 19.4. The lowest BCUT2D eigenvalue weighted by atomic mass is 9.96. The number of alkyl halides is 3. The van der Waals surface area contributed by atoms with E-state index in [1.54, 1.807) is 12.7 Å². The molecule has 0 aromatic heterocycles.